The molecular weight excluding hydrogens is 419 g/mol. The van der Waals surface area contributed by atoms with Gasteiger partial charge in [-0.3, -0.25) is 0 Å². The lowest BCUT2D eigenvalue weighted by atomic mass is 10.2. The number of thiazole rings is 1. The fourth-order valence-corrected chi connectivity index (χ4v) is 3.41. The average molecular weight is 430 g/mol. The largest absolute Gasteiger partial charge is 0.497 e. The summed E-state index contributed by atoms with van der Waals surface area (Å²) in [7, 11) is 1.61. The van der Waals surface area contributed by atoms with Crippen LogP contribution in [0.25, 0.3) is 10.6 Å². The van der Waals surface area contributed by atoms with Crippen molar-refractivity contribution >= 4 is 52.1 Å². The number of aromatic nitrogens is 2. The smallest absolute Gasteiger partial charge is 0.358 e. The van der Waals surface area contributed by atoms with Crippen LogP contribution in [0.5, 0.6) is 5.75 Å². The predicted molar refractivity (Wildman–Crippen MR) is 102 cm³/mol. The molecule has 0 aliphatic heterocycles. The number of hydrogen-bond acceptors (Lipinski definition) is 6. The molecule has 2 heterocycles. The summed E-state index contributed by atoms with van der Waals surface area (Å²) >= 11 is 19.1. The van der Waals surface area contributed by atoms with E-state index in [2.05, 4.69) is 9.97 Å². The first-order valence-corrected chi connectivity index (χ1v) is 9.26. The van der Waals surface area contributed by atoms with Crippen molar-refractivity contribution in [1.82, 2.24) is 9.97 Å². The van der Waals surface area contributed by atoms with Gasteiger partial charge in [0.1, 0.15) is 17.4 Å². The molecule has 0 saturated heterocycles. The van der Waals surface area contributed by atoms with Gasteiger partial charge in [-0.1, -0.05) is 46.9 Å². The molecule has 0 aliphatic rings. The molecule has 0 amide bonds. The lowest BCUT2D eigenvalue weighted by Gasteiger charge is -2.06. The molecule has 2 aromatic heterocycles. The molecule has 3 aromatic rings. The number of pyridine rings is 1. The summed E-state index contributed by atoms with van der Waals surface area (Å²) in [6.07, 6.45) is 1.25. The number of ether oxygens (including phenoxy) is 2. The summed E-state index contributed by atoms with van der Waals surface area (Å²) in [6.45, 7) is -0.0163. The van der Waals surface area contributed by atoms with Crippen molar-refractivity contribution in [3.63, 3.8) is 0 Å². The van der Waals surface area contributed by atoms with Gasteiger partial charge >= 0.3 is 5.97 Å². The molecule has 0 fully saturated rings. The summed E-state index contributed by atoms with van der Waals surface area (Å²) in [5, 5.41) is 2.78. The van der Waals surface area contributed by atoms with Crippen LogP contribution in [-0.2, 0) is 11.3 Å². The van der Waals surface area contributed by atoms with Gasteiger partial charge in [0.25, 0.3) is 0 Å². The Hall–Kier alpha value is -1.86. The van der Waals surface area contributed by atoms with Crippen LogP contribution in [0.2, 0.25) is 15.1 Å². The zero-order valence-corrected chi connectivity index (χ0v) is 16.4. The van der Waals surface area contributed by atoms with Crippen molar-refractivity contribution in [1.29, 1.82) is 0 Å². The van der Waals surface area contributed by atoms with Gasteiger partial charge < -0.3 is 9.47 Å². The second-order valence-electron chi connectivity index (χ2n) is 5.03. The normalized spacial score (nSPS) is 10.6. The highest BCUT2D eigenvalue weighted by atomic mass is 35.5. The molecule has 0 N–H and O–H groups in total. The van der Waals surface area contributed by atoms with E-state index in [9.17, 15) is 4.79 Å². The minimum absolute atomic E-state index is 0.0163. The Balaban J connectivity index is 1.70. The molecule has 9 heteroatoms. The molecule has 134 valence electrons. The van der Waals surface area contributed by atoms with Gasteiger partial charge in [0.05, 0.1) is 27.9 Å². The Morgan fingerprint density at radius 1 is 1.23 bits per heavy atom. The highest BCUT2D eigenvalue weighted by Gasteiger charge is 2.19. The van der Waals surface area contributed by atoms with Crippen molar-refractivity contribution in [3.05, 3.63) is 62.3 Å². The fourth-order valence-electron chi connectivity index (χ4n) is 2.06. The molecule has 0 atom stereocenters. The van der Waals surface area contributed by atoms with Crippen molar-refractivity contribution in [3.8, 4) is 16.3 Å². The molecule has 0 radical (unpaired) electrons. The van der Waals surface area contributed by atoms with E-state index in [0.717, 1.165) is 16.3 Å². The van der Waals surface area contributed by atoms with Gasteiger partial charge in [-0.25, -0.2) is 14.8 Å². The fraction of sp³-hybridized carbons (Fsp3) is 0.118. The zero-order chi connectivity index (χ0) is 18.7. The van der Waals surface area contributed by atoms with Crippen LogP contribution in [0.1, 0.15) is 16.2 Å². The molecule has 26 heavy (non-hydrogen) atoms. The number of halogens is 3. The number of methoxy groups -OCH3 is 1. The summed E-state index contributed by atoms with van der Waals surface area (Å²) in [4.78, 5) is 20.5. The third-order valence-electron chi connectivity index (χ3n) is 3.33. The van der Waals surface area contributed by atoms with Crippen LogP contribution in [-0.4, -0.2) is 23.0 Å². The van der Waals surface area contributed by atoms with Crippen molar-refractivity contribution in [2.45, 2.75) is 6.61 Å². The van der Waals surface area contributed by atoms with Crippen LogP contribution < -0.4 is 4.74 Å². The summed E-state index contributed by atoms with van der Waals surface area (Å²) in [6, 6.07) is 7.55. The van der Waals surface area contributed by atoms with E-state index in [-0.39, 0.29) is 27.4 Å². The summed E-state index contributed by atoms with van der Waals surface area (Å²) < 4.78 is 10.4. The first-order valence-electron chi connectivity index (χ1n) is 7.25. The third-order valence-corrected chi connectivity index (χ3v) is 5.51. The second-order valence-corrected chi connectivity index (χ2v) is 7.06. The number of esters is 1. The number of rotatable bonds is 5. The maximum absolute atomic E-state index is 12.2. The van der Waals surface area contributed by atoms with Gasteiger partial charge in [-0.2, -0.15) is 0 Å². The van der Waals surface area contributed by atoms with Gasteiger partial charge in [0, 0.05) is 17.1 Å². The van der Waals surface area contributed by atoms with Crippen molar-refractivity contribution in [2.75, 3.05) is 7.11 Å². The molecule has 3 rings (SSSR count). The average Bonchev–Trinajstić information content (AvgIpc) is 3.13. The zero-order valence-electron chi connectivity index (χ0n) is 13.3. The SMILES string of the molecule is COc1cccc(-c2nc(COC(=O)c3ncc(Cl)c(Cl)c3Cl)cs2)c1. The van der Waals surface area contributed by atoms with Gasteiger partial charge in [-0.15, -0.1) is 11.3 Å². The number of hydrogen-bond donors (Lipinski definition) is 0. The van der Waals surface area contributed by atoms with Crippen LogP contribution in [0.3, 0.4) is 0 Å². The molecule has 0 saturated carbocycles. The lowest BCUT2D eigenvalue weighted by Crippen LogP contribution is -2.08. The molecule has 0 bridgehead atoms. The van der Waals surface area contributed by atoms with Crippen LogP contribution in [0.4, 0.5) is 0 Å². The minimum Gasteiger partial charge on any atom is -0.497 e. The molecular formula is C17H11Cl3N2O3S. The van der Waals surface area contributed by atoms with Crippen molar-refractivity contribution in [2.24, 2.45) is 0 Å². The Kier molecular flexibility index (Phi) is 5.98. The molecule has 0 spiro atoms. The van der Waals surface area contributed by atoms with Crippen LogP contribution in [0, 0.1) is 0 Å². The van der Waals surface area contributed by atoms with E-state index in [1.807, 2.05) is 29.6 Å². The first kappa shape index (κ1) is 18.9. The third kappa shape index (κ3) is 4.10. The van der Waals surface area contributed by atoms with Gasteiger partial charge in [0.2, 0.25) is 0 Å². The van der Waals surface area contributed by atoms with Crippen molar-refractivity contribution < 1.29 is 14.3 Å². The molecule has 5 nitrogen and oxygen atoms in total. The lowest BCUT2D eigenvalue weighted by molar-refractivity contribution is 0.0462. The quantitative estimate of drug-likeness (QED) is 0.499. The molecule has 0 aliphatic carbocycles. The Bertz CT molecular complexity index is 962. The number of nitrogens with zero attached hydrogens (tertiary/aromatic N) is 2. The van der Waals surface area contributed by atoms with E-state index in [1.165, 1.54) is 17.5 Å². The first-order chi connectivity index (χ1) is 12.5. The van der Waals surface area contributed by atoms with Crippen LogP contribution >= 0.6 is 46.1 Å². The van der Waals surface area contributed by atoms with Gasteiger partial charge in [0.15, 0.2) is 5.69 Å². The second kappa shape index (κ2) is 8.22. The van der Waals surface area contributed by atoms with E-state index in [4.69, 9.17) is 44.3 Å². The number of benzene rings is 1. The van der Waals surface area contributed by atoms with E-state index in [1.54, 1.807) is 7.11 Å². The van der Waals surface area contributed by atoms with Gasteiger partial charge in [-0.05, 0) is 12.1 Å². The van der Waals surface area contributed by atoms with Crippen LogP contribution in [0.15, 0.2) is 35.8 Å². The molecule has 1 aromatic carbocycles. The van der Waals surface area contributed by atoms with E-state index >= 15 is 0 Å². The number of carbonyl (C=O) groups is 1. The Morgan fingerprint density at radius 3 is 2.81 bits per heavy atom. The Labute approximate surface area is 168 Å². The topological polar surface area (TPSA) is 61.3 Å². The highest BCUT2D eigenvalue weighted by molar-refractivity contribution is 7.13. The highest BCUT2D eigenvalue weighted by Crippen LogP contribution is 2.31. The van der Waals surface area contributed by atoms with E-state index in [0.29, 0.717) is 5.69 Å². The predicted octanol–water partition coefficient (Wildman–Crippen LogP) is 5.53. The minimum atomic E-state index is -0.704. The van der Waals surface area contributed by atoms with E-state index < -0.39 is 5.97 Å². The molecule has 0 unspecified atom stereocenters. The number of carbonyl (C=O) groups excluding carboxylic acids is 1. The maximum atomic E-state index is 12.2. The summed E-state index contributed by atoms with van der Waals surface area (Å²) in [5.74, 6) is 0.0375. The Morgan fingerprint density at radius 2 is 2.04 bits per heavy atom. The standard InChI is InChI=1S/C17H11Cl3N2O3S/c1-24-11-4-2-3-9(5-11)16-22-10(8-26-16)7-25-17(23)15-14(20)13(19)12(18)6-21-15/h2-6,8H,7H2,1H3. The monoisotopic (exact) mass is 428 g/mol. The summed E-state index contributed by atoms with van der Waals surface area (Å²) in [5.41, 5.74) is 1.43. The maximum Gasteiger partial charge on any atom is 0.358 e.